The topological polar surface area (TPSA) is 624 Å². The van der Waals surface area contributed by atoms with Gasteiger partial charge >= 0.3 is 12.0 Å². The number of amides is 10. The number of aromatic amines is 1. The van der Waals surface area contributed by atoms with E-state index in [4.69, 9.17) is 34.4 Å². The zero-order chi connectivity index (χ0) is 82.6. The minimum absolute atomic E-state index is 0.0150. The van der Waals surface area contributed by atoms with Crippen LogP contribution in [0, 0.1) is 35.5 Å². The fourth-order valence-electron chi connectivity index (χ4n) is 14.1. The van der Waals surface area contributed by atoms with Crippen LogP contribution in [0.25, 0.3) is 10.9 Å². The van der Waals surface area contributed by atoms with Gasteiger partial charge in [0, 0.05) is 142 Å². The largest absolute Gasteiger partial charge is 0.508 e. The lowest BCUT2D eigenvalue weighted by atomic mass is 9.88. The highest BCUT2D eigenvalue weighted by atomic mass is 33.1. The molecule has 0 unspecified atom stereocenters. The van der Waals surface area contributed by atoms with Gasteiger partial charge < -0.3 is 91.5 Å². The summed E-state index contributed by atoms with van der Waals surface area (Å²) in [5.74, 6) is -23.3. The summed E-state index contributed by atoms with van der Waals surface area (Å²) < 4.78 is 1.30. The van der Waals surface area contributed by atoms with Gasteiger partial charge in [-0.15, -0.1) is 5.10 Å². The van der Waals surface area contributed by atoms with Crippen LogP contribution in [-0.2, 0) is 97.7 Å². The molecule has 2 aromatic heterocycles. The molecule has 4 bridgehead atoms. The number of aliphatic carboxylic acids is 1. The number of rotatable bonds is 24. The number of H-pyrrole nitrogens is 1. The second-order valence-electron chi connectivity index (χ2n) is 28.8. The molecule has 2 fully saturated rings. The molecule has 0 aliphatic carbocycles. The van der Waals surface area contributed by atoms with E-state index in [2.05, 4.69) is 52.2 Å². The second kappa shape index (κ2) is 44.0. The van der Waals surface area contributed by atoms with E-state index in [0.717, 1.165) is 33.4 Å². The number of aliphatic hydroxyl groups excluding tert-OH is 1. The summed E-state index contributed by atoms with van der Waals surface area (Å²) in [5, 5.41) is 56.4. The molecule has 2 saturated heterocycles. The SMILES string of the molecule is C[C@@H](O)[C@@H]1NC(=O)[C@H]2CC(=O)[C@@H](NC(=O)CN)CSSC[C@H](NC(=O)[C@H](CCCN=C(N)N)CC(=O)[C@@H]3CCCN3C(=O)[C@H](CC(=O)O)CC1=O)C(=O)C[C@@H](CCCNC(N)=O)C(=O)N[C@@H](Cc1c[nH]c3ccccc13)C(=O)C[C@@H](CCC(N)=O)C(=O)N[C@H](C(=O)C[C@@H](Cc1ccc(O)cc1)C(N)=O)CCCn1cc(nn1)C2. The van der Waals surface area contributed by atoms with Crippen LogP contribution in [0.15, 0.2) is 65.9 Å². The summed E-state index contributed by atoms with van der Waals surface area (Å²) in [6.07, 6.45) is -5.82. The number of phenolic OH excluding ortho intramolecular Hbond substituents is 1. The summed E-state index contributed by atoms with van der Waals surface area (Å²) in [6, 6.07) is 2.64. The molecule has 0 saturated carbocycles. The number of guanidine groups is 1. The van der Waals surface area contributed by atoms with Gasteiger partial charge in [-0.2, -0.15) is 0 Å². The Balaban J connectivity index is 1.40. The maximum absolute atomic E-state index is 15.5. The molecule has 113 heavy (non-hydrogen) atoms. The number of urea groups is 1. The van der Waals surface area contributed by atoms with Crippen molar-refractivity contribution in [2.45, 2.75) is 184 Å². The number of carbonyl (C=O) groups excluding carboxylic acids is 15. The number of hydrogen-bond acceptors (Lipinski definition) is 24. The van der Waals surface area contributed by atoms with Crippen molar-refractivity contribution in [2.75, 3.05) is 37.7 Å². The maximum atomic E-state index is 15.5. The van der Waals surface area contributed by atoms with Crippen LogP contribution in [0.5, 0.6) is 5.75 Å². The van der Waals surface area contributed by atoms with E-state index in [1.54, 1.807) is 30.5 Å². The second-order valence-corrected chi connectivity index (χ2v) is 31.4. The highest BCUT2D eigenvalue weighted by Gasteiger charge is 2.43. The van der Waals surface area contributed by atoms with Crippen LogP contribution >= 0.6 is 21.6 Å². The van der Waals surface area contributed by atoms with E-state index in [-0.39, 0.29) is 126 Å². The molecule has 5 heterocycles. The van der Waals surface area contributed by atoms with Crippen molar-refractivity contribution in [3.8, 4) is 5.75 Å². The molecule has 2 aromatic carbocycles. The molecule has 3 aliphatic heterocycles. The molecular weight excluding hydrogens is 1510 g/mol. The number of nitrogens with two attached hydrogens (primary N) is 6. The van der Waals surface area contributed by atoms with Crippen LogP contribution in [0.1, 0.15) is 133 Å². The van der Waals surface area contributed by atoms with E-state index in [1.165, 1.54) is 35.1 Å². The number of carbonyl (C=O) groups is 16. The Morgan fingerprint density at radius 3 is 2.04 bits per heavy atom. The predicted octanol–water partition coefficient (Wildman–Crippen LogP) is -1.38. The Morgan fingerprint density at radius 1 is 0.708 bits per heavy atom. The van der Waals surface area contributed by atoms with E-state index in [1.807, 2.05) is 0 Å². The number of nitrogens with one attached hydrogen (secondary N) is 7. The van der Waals surface area contributed by atoms with Crippen LogP contribution in [0.4, 0.5) is 4.79 Å². The van der Waals surface area contributed by atoms with Gasteiger partial charge in [-0.25, -0.2) is 4.79 Å². The van der Waals surface area contributed by atoms with E-state index in [9.17, 15) is 68.1 Å². The standard InChI is InChI=1S/C74H102N18O19S2/c1-39(93)66-62(100)32-46(33-65(103)104)72(110)92-23-7-13-56(92)61(99)29-42(8-4-20-81-73(78)79)69(107)87-55-38-113-112-37-54(84-64(102)34-75)60(98)31-45(71(109)88-66)25-48-36-91(90-89-48)22-6-12-52(57(95)30-44(67(77)105)24-40-14-17-49(94)18-15-40)85-70(108)43(16-19-63(76)101)28-58(96)53(26-47-35-83-51-11-3-2-10-50(47)51)86-68(106)41(27-59(55)97)9-5-21-82-74(80)111/h2-3,10-11,14-15,17-18,35-36,39,41-46,52-56,66,83,93-94H,4-9,12-13,16,19-34,37-38,75H2,1H3,(H2,76,101)(H2,77,105)(H,84,102)(H,85,108)(H,86,106)(H,87,107)(H,88,109)(H,103,104)(H4,78,79,81)(H3,80,82,111)/t39-,41-,42-,43-,44-,45-,46+,52+,53+,54+,55+,56+,66+/m1/s1. The fourth-order valence-corrected chi connectivity index (χ4v) is 16.4. The third-order valence-corrected chi connectivity index (χ3v) is 22.6. The van der Waals surface area contributed by atoms with E-state index < -0.39 is 236 Å². The Bertz CT molecular complexity index is 4130. The average molecular weight is 1610 g/mol. The van der Waals surface area contributed by atoms with Crippen LogP contribution in [-0.4, -0.2) is 220 Å². The van der Waals surface area contributed by atoms with Gasteiger partial charge in [0.05, 0.1) is 66.8 Å². The number of aliphatic imine (C=N–C) groups is 1. The molecule has 22 N–H and O–H groups in total. The number of aromatic nitrogens is 4. The molecular formula is C74H102N18O19S2. The van der Waals surface area contributed by atoms with Gasteiger partial charge in [-0.3, -0.25) is 81.6 Å². The van der Waals surface area contributed by atoms with Crippen molar-refractivity contribution in [3.05, 3.63) is 77.7 Å². The number of hydrogen-bond donors (Lipinski definition) is 16. The first kappa shape index (κ1) is 89.5. The van der Waals surface area contributed by atoms with Crippen molar-refractivity contribution < 1.29 is 92.0 Å². The summed E-state index contributed by atoms with van der Waals surface area (Å²) >= 11 is 0. The number of phenols is 1. The smallest absolute Gasteiger partial charge is 0.312 e. The molecule has 13 atom stereocenters. The number of aliphatic hydroxyl groups is 1. The van der Waals surface area contributed by atoms with Crippen molar-refractivity contribution >= 4 is 132 Å². The molecule has 0 spiro atoms. The molecule has 3 aliphatic rings. The maximum Gasteiger partial charge on any atom is 0.312 e. The minimum Gasteiger partial charge on any atom is -0.508 e. The zero-order valence-corrected chi connectivity index (χ0v) is 64.4. The van der Waals surface area contributed by atoms with Crippen molar-refractivity contribution in [3.63, 3.8) is 0 Å². The first-order valence-corrected chi connectivity index (χ1v) is 40.0. The van der Waals surface area contributed by atoms with Crippen LogP contribution in [0.2, 0.25) is 0 Å². The summed E-state index contributed by atoms with van der Waals surface area (Å²) in [5.41, 5.74) is 35.8. The molecule has 10 amide bonds. The molecule has 0 radical (unpaired) electrons. The first-order chi connectivity index (χ1) is 53.8. The monoisotopic (exact) mass is 1610 g/mol. The van der Waals surface area contributed by atoms with Crippen LogP contribution < -0.4 is 66.3 Å². The number of benzene rings is 2. The minimum atomic E-state index is -1.87. The number of aromatic hydroxyl groups is 1. The number of carboxylic acid groups (broad SMARTS) is 1. The number of primary amides is 3. The van der Waals surface area contributed by atoms with Crippen molar-refractivity contribution in [2.24, 2.45) is 74.9 Å². The van der Waals surface area contributed by atoms with E-state index in [0.29, 0.717) is 22.0 Å². The van der Waals surface area contributed by atoms with Gasteiger partial charge in [0.2, 0.25) is 47.3 Å². The van der Waals surface area contributed by atoms with Gasteiger partial charge in [-0.1, -0.05) is 57.1 Å². The summed E-state index contributed by atoms with van der Waals surface area (Å²) in [6.45, 7) is 0.141. The van der Waals surface area contributed by atoms with Gasteiger partial charge in [0.25, 0.3) is 0 Å². The first-order valence-electron chi connectivity index (χ1n) is 37.5. The van der Waals surface area contributed by atoms with Crippen molar-refractivity contribution in [1.29, 1.82) is 0 Å². The molecule has 39 heteroatoms. The number of carboxylic acids is 1. The number of Topliss-reactive ketones (excluding diaryl/α,β-unsaturated/α-hetero) is 6. The molecule has 7 rings (SSSR count). The lowest BCUT2D eigenvalue weighted by molar-refractivity contribution is -0.148. The quantitative estimate of drug-likeness (QED) is 0.0166. The highest BCUT2D eigenvalue weighted by molar-refractivity contribution is 8.76. The highest BCUT2D eigenvalue weighted by Crippen LogP contribution is 2.31. The summed E-state index contributed by atoms with van der Waals surface area (Å²) in [4.78, 5) is 237. The zero-order valence-electron chi connectivity index (χ0n) is 62.8. The Hall–Kier alpha value is -10.7. The van der Waals surface area contributed by atoms with Crippen molar-refractivity contribution in [1.82, 2.24) is 56.8 Å². The Labute approximate surface area is 658 Å². The normalized spacial score (nSPS) is 24.2. The molecule has 37 nitrogen and oxygen atoms in total. The van der Waals surface area contributed by atoms with Gasteiger partial charge in [0.1, 0.15) is 11.8 Å². The average Bonchev–Trinajstić information content (AvgIpc) is 1.72. The van der Waals surface area contributed by atoms with Gasteiger partial charge in [-0.05, 0) is 100 Å². The Morgan fingerprint density at radius 2 is 1.36 bits per heavy atom. The lowest BCUT2D eigenvalue weighted by Gasteiger charge is -2.30. The number of fused-ring (bicyclic) bond motifs is 12. The number of aryl methyl sites for hydroxylation is 1. The number of nitrogens with zero attached hydrogens (tertiary/aromatic N) is 5. The Kier molecular flexibility index (Phi) is 34.8. The van der Waals surface area contributed by atoms with Gasteiger partial charge in [0.15, 0.2) is 40.7 Å². The summed E-state index contributed by atoms with van der Waals surface area (Å²) in [7, 11) is 1.84. The number of para-hydroxylation sites is 1. The predicted molar refractivity (Wildman–Crippen MR) is 412 cm³/mol. The number of ketones is 6. The fraction of sp³-hybridized carbons (Fsp3) is 0.554. The third kappa shape index (κ3) is 28.2. The molecule has 4 aromatic rings. The van der Waals surface area contributed by atoms with E-state index >= 15 is 24.0 Å². The lowest BCUT2D eigenvalue weighted by Crippen LogP contribution is -2.52. The third-order valence-electron chi connectivity index (χ3n) is 20.2. The molecule has 614 valence electrons. The van der Waals surface area contributed by atoms with Crippen LogP contribution in [0.3, 0.4) is 0 Å².